The summed E-state index contributed by atoms with van der Waals surface area (Å²) in [7, 11) is 0. The summed E-state index contributed by atoms with van der Waals surface area (Å²) in [5.41, 5.74) is -3.30. The number of carbonyl (C=O) groups is 2. The van der Waals surface area contributed by atoms with Crippen molar-refractivity contribution < 1.29 is 123 Å². The highest BCUT2D eigenvalue weighted by molar-refractivity contribution is 5.73. The summed E-state index contributed by atoms with van der Waals surface area (Å²) >= 11 is 0. The predicted octanol–water partition coefficient (Wildman–Crippen LogP) is -1.76. The van der Waals surface area contributed by atoms with Gasteiger partial charge in [0.25, 0.3) is 0 Å². The molecular formula is C56H93NO25. The molecule has 8 fully saturated rings. The number of allylic oxidation sites excluding steroid dienone is 1. The number of amides is 1. The van der Waals surface area contributed by atoms with Crippen LogP contribution in [0.5, 0.6) is 0 Å². The lowest BCUT2D eigenvalue weighted by Crippen LogP contribution is -2.68. The average molecular weight is 1180 g/mol. The Labute approximate surface area is 477 Å². The van der Waals surface area contributed by atoms with E-state index >= 15 is 0 Å². The van der Waals surface area contributed by atoms with Gasteiger partial charge in [0.15, 0.2) is 31.3 Å². The quantitative estimate of drug-likeness (QED) is 0.0410. The molecule has 5 saturated heterocycles. The van der Waals surface area contributed by atoms with Crippen LogP contribution in [0.2, 0.25) is 0 Å². The molecule has 0 radical (unpaired) electrons. The Morgan fingerprint density at radius 3 is 1.95 bits per heavy atom. The number of aliphatic hydroxyl groups is 13. The summed E-state index contributed by atoms with van der Waals surface area (Å²) in [4.78, 5) is 24.3. The van der Waals surface area contributed by atoms with E-state index < -0.39 is 200 Å². The van der Waals surface area contributed by atoms with Crippen molar-refractivity contribution in [1.82, 2.24) is 5.32 Å². The van der Waals surface area contributed by atoms with Gasteiger partial charge in [0.1, 0.15) is 91.5 Å². The number of aliphatic hydroxyl groups excluding tert-OH is 11. The lowest BCUT2D eigenvalue weighted by atomic mass is 9.42. The standard InChI is InChI=1S/C56H93NO25/c1-23(18-28-46(53(6,7)71)82-51(70)78-28)12-11-15-56(10,72)45-26(60)19-32-54(8)17-14-33(52(4,5)31(54)13-16-55(32,45)9)79-50-44(41(68)38(65)30(77-50)22-74-48-42(69)36(63)27(61)21-73-48)81-49-43(40(67)35(62)24(2)75-49)80-47-34(57-25(3)59)39(66)37(64)29(20-58)76-47/h12,24,26-50,58,60-69,71-72H,11,13-22H2,1-10H3,(H,57,59)/b23-12+/t24-,26+,27+,28-,29+,30+,31-,32+,33-,34+,35-,36-,37+,38+,39+,40+,41-,42+,43+,44+,45+,46+,47-,48-,49-,50-,54-,55+,56+/m0/s1. The second-order valence-corrected chi connectivity index (χ2v) is 26.6. The number of hydrogen-bond donors (Lipinski definition) is 14. The molecular weight excluding hydrogens is 1090 g/mol. The molecule has 0 aromatic rings. The molecule has 0 bridgehead atoms. The van der Waals surface area contributed by atoms with Gasteiger partial charge in [-0.1, -0.05) is 39.3 Å². The molecule has 29 atom stereocenters. The Hall–Kier alpha value is -2.36. The van der Waals surface area contributed by atoms with Crippen molar-refractivity contribution in [3.63, 3.8) is 0 Å². The summed E-state index contributed by atoms with van der Waals surface area (Å²) in [5, 5.41) is 147. The highest BCUT2D eigenvalue weighted by Gasteiger charge is 2.69. The smallest absolute Gasteiger partial charge is 0.427 e. The zero-order valence-corrected chi connectivity index (χ0v) is 48.6. The van der Waals surface area contributed by atoms with E-state index in [1.54, 1.807) is 20.8 Å². The number of fused-ring (bicyclic) bond motifs is 3. The fourth-order valence-corrected chi connectivity index (χ4v) is 15.7. The van der Waals surface area contributed by atoms with Gasteiger partial charge in [0, 0.05) is 19.3 Å². The van der Waals surface area contributed by atoms with Gasteiger partial charge in [-0.05, 0) is 108 Å². The summed E-state index contributed by atoms with van der Waals surface area (Å²) in [6.45, 7) is 16.1. The number of hydrogen-bond acceptors (Lipinski definition) is 25. The van der Waals surface area contributed by atoms with Gasteiger partial charge in [-0.25, -0.2) is 4.79 Å². The summed E-state index contributed by atoms with van der Waals surface area (Å²) in [6.07, 6.45) is -27.4. The number of ether oxygens (including phenoxy) is 10. The highest BCUT2D eigenvalue weighted by atomic mass is 16.8. The second-order valence-electron chi connectivity index (χ2n) is 26.6. The lowest BCUT2D eigenvalue weighted by Gasteiger charge is -2.64. The molecule has 472 valence electrons. The Bertz CT molecular complexity index is 2220. The fraction of sp³-hybridized carbons (Fsp3) is 0.929. The Morgan fingerprint density at radius 1 is 0.695 bits per heavy atom. The van der Waals surface area contributed by atoms with Crippen molar-refractivity contribution in [3.8, 4) is 0 Å². The summed E-state index contributed by atoms with van der Waals surface area (Å²) < 4.78 is 59.8. The lowest BCUT2D eigenvalue weighted by molar-refractivity contribution is -0.394. The molecule has 0 unspecified atom stereocenters. The van der Waals surface area contributed by atoms with Crippen LogP contribution in [0.4, 0.5) is 4.79 Å². The topological polar surface area (TPSA) is 401 Å². The van der Waals surface area contributed by atoms with Crippen LogP contribution in [-0.2, 0) is 52.2 Å². The molecule has 3 aliphatic carbocycles. The molecule has 82 heavy (non-hydrogen) atoms. The zero-order valence-electron chi connectivity index (χ0n) is 48.6. The molecule has 8 rings (SSSR count). The maximum atomic E-state index is 12.4. The summed E-state index contributed by atoms with van der Waals surface area (Å²) in [6, 6.07) is -1.50. The van der Waals surface area contributed by atoms with Crippen molar-refractivity contribution >= 4 is 12.1 Å². The normalized spacial score (nSPS) is 48.8. The Balaban J connectivity index is 1.02. The van der Waals surface area contributed by atoms with E-state index in [0.29, 0.717) is 51.4 Å². The van der Waals surface area contributed by atoms with E-state index in [1.807, 2.05) is 13.0 Å². The minimum atomic E-state index is -1.90. The first kappa shape index (κ1) is 65.6. The molecule has 26 nitrogen and oxygen atoms in total. The van der Waals surface area contributed by atoms with Crippen molar-refractivity contribution in [1.29, 1.82) is 0 Å². The highest BCUT2D eigenvalue weighted by Crippen LogP contribution is 2.71. The first-order valence-corrected chi connectivity index (χ1v) is 29.0. The third-order valence-corrected chi connectivity index (χ3v) is 19.9. The third kappa shape index (κ3) is 12.8. The van der Waals surface area contributed by atoms with Crippen molar-refractivity contribution in [2.75, 3.05) is 19.8 Å². The molecule has 8 aliphatic rings. The third-order valence-electron chi connectivity index (χ3n) is 19.9. The number of cyclic esters (lactones) is 2. The van der Waals surface area contributed by atoms with Crippen molar-refractivity contribution in [3.05, 3.63) is 11.6 Å². The maximum Gasteiger partial charge on any atom is 0.509 e. The molecule has 3 saturated carbocycles. The van der Waals surface area contributed by atoms with Crippen LogP contribution in [0.25, 0.3) is 0 Å². The maximum absolute atomic E-state index is 12.4. The van der Waals surface area contributed by atoms with Crippen molar-refractivity contribution in [2.24, 2.45) is 34.0 Å². The number of rotatable bonds is 18. The predicted molar refractivity (Wildman–Crippen MR) is 280 cm³/mol. The van der Waals surface area contributed by atoms with E-state index in [1.165, 1.54) is 6.92 Å². The Kier molecular flexibility index (Phi) is 20.0. The van der Waals surface area contributed by atoms with Crippen LogP contribution in [0.1, 0.15) is 121 Å². The molecule has 1 amide bonds. The van der Waals surface area contributed by atoms with Crippen LogP contribution in [0, 0.1) is 34.0 Å². The molecule has 0 spiro atoms. The van der Waals surface area contributed by atoms with E-state index in [0.717, 1.165) is 12.5 Å². The van der Waals surface area contributed by atoms with Crippen LogP contribution in [0.3, 0.4) is 0 Å². The minimum absolute atomic E-state index is 0.0457. The monoisotopic (exact) mass is 1180 g/mol. The molecule has 5 aliphatic heterocycles. The largest absolute Gasteiger partial charge is 0.509 e. The molecule has 0 aromatic heterocycles. The average Bonchev–Trinajstić information content (AvgIpc) is 2.47. The van der Waals surface area contributed by atoms with Crippen LogP contribution >= 0.6 is 0 Å². The van der Waals surface area contributed by atoms with E-state index in [4.69, 9.17) is 47.4 Å². The van der Waals surface area contributed by atoms with Crippen LogP contribution in [0.15, 0.2) is 11.6 Å². The first-order chi connectivity index (χ1) is 38.2. The van der Waals surface area contributed by atoms with Gasteiger partial charge >= 0.3 is 6.16 Å². The van der Waals surface area contributed by atoms with E-state index in [9.17, 15) is 76.0 Å². The van der Waals surface area contributed by atoms with E-state index in [-0.39, 0.29) is 18.4 Å². The SMILES string of the molecule is CC(=O)N[C@H]1[C@H](O[C@H]2[C@H](O[C@H]3[C@H](O[C@H]4CC[C@]5(C)[C@H]6C[C@@H](O)[C@@H]([C@](C)(O)CC/C=C(\C)C[C@@H]7OC(=O)O[C@H]7C(C)(C)O)[C@]6(C)CC[C@H]5C4(C)C)O[C@H](CO[C@@H]4OC[C@@H](O)[C@H](O)[C@H]4O)[C@@H](O)[C@@H]3O)O[C@@H](C)[C@H](O)[C@H]2O)O[C@H](CO)[C@@H](O)[C@@H]1O. The Morgan fingerprint density at radius 2 is 1.30 bits per heavy atom. The molecule has 0 aromatic carbocycles. The fourth-order valence-electron chi connectivity index (χ4n) is 15.7. The first-order valence-electron chi connectivity index (χ1n) is 29.0. The van der Waals surface area contributed by atoms with Gasteiger partial charge in [0.2, 0.25) is 5.91 Å². The summed E-state index contributed by atoms with van der Waals surface area (Å²) in [5.74, 6) is -1.26. The van der Waals surface area contributed by atoms with Crippen LogP contribution < -0.4 is 5.32 Å². The molecule has 5 heterocycles. The van der Waals surface area contributed by atoms with Gasteiger partial charge in [-0.15, -0.1) is 0 Å². The second kappa shape index (κ2) is 25.0. The van der Waals surface area contributed by atoms with E-state index in [2.05, 4.69) is 33.0 Å². The number of carbonyl (C=O) groups excluding carboxylic acids is 2. The molecule has 26 heteroatoms. The number of nitrogens with one attached hydrogen (secondary N) is 1. The van der Waals surface area contributed by atoms with Crippen molar-refractivity contribution in [2.45, 2.75) is 273 Å². The van der Waals surface area contributed by atoms with Gasteiger partial charge in [-0.2, -0.15) is 0 Å². The minimum Gasteiger partial charge on any atom is -0.427 e. The van der Waals surface area contributed by atoms with Gasteiger partial charge in [0.05, 0.1) is 49.3 Å². The van der Waals surface area contributed by atoms with Crippen LogP contribution in [-0.4, -0.2) is 251 Å². The molecule has 14 N–H and O–H groups in total. The van der Waals surface area contributed by atoms with Gasteiger partial charge in [-0.3, -0.25) is 4.79 Å². The zero-order chi connectivity index (χ0) is 60.5. The van der Waals surface area contributed by atoms with Gasteiger partial charge < -0.3 is 119 Å².